The molecule has 6 heteroatoms. The number of nitrogens with one attached hydrogen (secondary N) is 1. The zero-order valence-corrected chi connectivity index (χ0v) is 15.0. The van der Waals surface area contributed by atoms with Crippen LogP contribution in [0.1, 0.15) is 17.5 Å². The van der Waals surface area contributed by atoms with Crippen LogP contribution < -0.4 is 14.8 Å². The average molecular weight is 357 g/mol. The molecule has 0 spiro atoms. The number of hydrogen-bond donors (Lipinski definition) is 1. The van der Waals surface area contributed by atoms with Gasteiger partial charge in [-0.2, -0.15) is 0 Å². The number of esters is 1. The maximum atomic E-state index is 11.8. The number of hydrogen-bond acceptors (Lipinski definition) is 5. The fraction of sp³-hybridized carbons (Fsp3) is 0.300. The maximum Gasteiger partial charge on any atom is 0.306 e. The number of rotatable bonds is 9. The molecule has 0 fully saturated rings. The van der Waals surface area contributed by atoms with Gasteiger partial charge >= 0.3 is 5.97 Å². The highest BCUT2D eigenvalue weighted by Crippen LogP contribution is 2.16. The molecule has 0 heterocycles. The second-order valence-electron chi connectivity index (χ2n) is 5.60. The third kappa shape index (κ3) is 6.12. The van der Waals surface area contributed by atoms with Crippen molar-refractivity contribution >= 4 is 11.9 Å². The molecule has 138 valence electrons. The summed E-state index contributed by atoms with van der Waals surface area (Å²) in [4.78, 5) is 23.6. The van der Waals surface area contributed by atoms with Crippen LogP contribution in [-0.2, 0) is 27.3 Å². The fourth-order valence-corrected chi connectivity index (χ4v) is 2.35. The lowest BCUT2D eigenvalue weighted by Gasteiger charge is -2.10. The van der Waals surface area contributed by atoms with Crippen molar-refractivity contribution in [3.05, 3.63) is 59.7 Å². The Labute approximate surface area is 153 Å². The average Bonchev–Trinajstić information content (AvgIpc) is 2.69. The highest BCUT2D eigenvalue weighted by molar-refractivity contribution is 5.80. The molecule has 1 N–H and O–H groups in total. The number of methoxy groups -OCH3 is 2. The van der Waals surface area contributed by atoms with Gasteiger partial charge in [0.15, 0.2) is 6.61 Å². The van der Waals surface area contributed by atoms with Crippen molar-refractivity contribution in [2.24, 2.45) is 0 Å². The van der Waals surface area contributed by atoms with Gasteiger partial charge in [0.25, 0.3) is 5.91 Å². The van der Waals surface area contributed by atoms with Crippen molar-refractivity contribution in [2.45, 2.75) is 19.4 Å². The Hall–Kier alpha value is -3.02. The number of ether oxygens (including phenoxy) is 3. The summed E-state index contributed by atoms with van der Waals surface area (Å²) in [5.74, 6) is 0.703. The van der Waals surface area contributed by atoms with Crippen molar-refractivity contribution in [1.82, 2.24) is 5.32 Å². The van der Waals surface area contributed by atoms with Crippen LogP contribution in [0.5, 0.6) is 11.5 Å². The zero-order chi connectivity index (χ0) is 18.8. The van der Waals surface area contributed by atoms with Crippen LogP contribution in [0.25, 0.3) is 0 Å². The van der Waals surface area contributed by atoms with Crippen molar-refractivity contribution < 1.29 is 23.8 Å². The molecule has 6 nitrogen and oxygen atoms in total. The van der Waals surface area contributed by atoms with E-state index in [1.165, 1.54) is 0 Å². The van der Waals surface area contributed by atoms with Gasteiger partial charge in [-0.3, -0.25) is 9.59 Å². The first kappa shape index (κ1) is 19.3. The van der Waals surface area contributed by atoms with Crippen LogP contribution in [0.4, 0.5) is 0 Å². The minimum Gasteiger partial charge on any atom is -0.497 e. The summed E-state index contributed by atoms with van der Waals surface area (Å²) in [6, 6.07) is 14.9. The first-order chi connectivity index (χ1) is 12.6. The van der Waals surface area contributed by atoms with Gasteiger partial charge in [-0.15, -0.1) is 0 Å². The Morgan fingerprint density at radius 2 is 1.69 bits per heavy atom. The monoisotopic (exact) mass is 357 g/mol. The standard InChI is InChI=1S/C20H23NO5/c1-24-17-10-7-15(8-11-17)9-12-20(23)26-14-19(22)21-13-16-5-3-4-6-18(16)25-2/h3-8,10-11H,9,12-14H2,1-2H3,(H,21,22). The molecular weight excluding hydrogens is 334 g/mol. The van der Waals surface area contributed by atoms with E-state index in [9.17, 15) is 9.59 Å². The zero-order valence-electron chi connectivity index (χ0n) is 15.0. The van der Waals surface area contributed by atoms with Crippen LogP contribution in [0.2, 0.25) is 0 Å². The lowest BCUT2D eigenvalue weighted by Crippen LogP contribution is -2.28. The van der Waals surface area contributed by atoms with Crippen molar-refractivity contribution in [2.75, 3.05) is 20.8 Å². The van der Waals surface area contributed by atoms with Crippen molar-refractivity contribution in [3.8, 4) is 11.5 Å². The number of aryl methyl sites for hydroxylation is 1. The van der Waals surface area contributed by atoms with E-state index < -0.39 is 5.97 Å². The molecular formula is C20H23NO5. The lowest BCUT2D eigenvalue weighted by atomic mass is 10.1. The van der Waals surface area contributed by atoms with Gasteiger partial charge in [0.2, 0.25) is 0 Å². The molecule has 26 heavy (non-hydrogen) atoms. The molecule has 0 saturated heterocycles. The Morgan fingerprint density at radius 1 is 0.962 bits per heavy atom. The molecule has 0 aliphatic heterocycles. The van der Waals surface area contributed by atoms with Gasteiger partial charge in [-0.05, 0) is 30.2 Å². The summed E-state index contributed by atoms with van der Waals surface area (Å²) in [7, 11) is 3.18. The van der Waals surface area contributed by atoms with E-state index >= 15 is 0 Å². The summed E-state index contributed by atoms with van der Waals surface area (Å²) in [6.07, 6.45) is 0.762. The summed E-state index contributed by atoms with van der Waals surface area (Å²) in [6.45, 7) is 0.0167. The molecule has 1 amide bonds. The molecule has 0 aromatic heterocycles. The van der Waals surface area contributed by atoms with Gasteiger partial charge < -0.3 is 19.5 Å². The molecule has 2 aromatic rings. The van der Waals surface area contributed by atoms with Crippen LogP contribution in [0.15, 0.2) is 48.5 Å². The van der Waals surface area contributed by atoms with Crippen LogP contribution in [0, 0.1) is 0 Å². The highest BCUT2D eigenvalue weighted by atomic mass is 16.5. The maximum absolute atomic E-state index is 11.8. The van der Waals surface area contributed by atoms with E-state index in [1.807, 2.05) is 48.5 Å². The number of carbonyl (C=O) groups excluding carboxylic acids is 2. The first-order valence-electron chi connectivity index (χ1n) is 8.29. The van der Waals surface area contributed by atoms with Gasteiger partial charge in [0.05, 0.1) is 14.2 Å². The van der Waals surface area contributed by atoms with Gasteiger partial charge in [0, 0.05) is 18.5 Å². The Kier molecular flexibility index (Phi) is 7.49. The van der Waals surface area contributed by atoms with E-state index in [0.717, 1.165) is 16.9 Å². The highest BCUT2D eigenvalue weighted by Gasteiger charge is 2.09. The second kappa shape index (κ2) is 10.1. The third-order valence-corrected chi connectivity index (χ3v) is 3.81. The van der Waals surface area contributed by atoms with Crippen molar-refractivity contribution in [3.63, 3.8) is 0 Å². The van der Waals surface area contributed by atoms with Crippen molar-refractivity contribution in [1.29, 1.82) is 0 Å². The summed E-state index contributed by atoms with van der Waals surface area (Å²) in [5, 5.41) is 2.71. The van der Waals surface area contributed by atoms with Gasteiger partial charge in [0.1, 0.15) is 11.5 Å². The summed E-state index contributed by atoms with van der Waals surface area (Å²) < 4.78 is 15.3. The molecule has 2 aromatic carbocycles. The molecule has 0 bridgehead atoms. The first-order valence-corrected chi connectivity index (χ1v) is 8.29. The van der Waals surface area contributed by atoms with Crippen LogP contribution in [0.3, 0.4) is 0 Å². The largest absolute Gasteiger partial charge is 0.497 e. The molecule has 0 aliphatic rings. The topological polar surface area (TPSA) is 73.9 Å². The number of amides is 1. The number of para-hydroxylation sites is 1. The smallest absolute Gasteiger partial charge is 0.306 e. The molecule has 2 rings (SSSR count). The molecule has 0 aliphatic carbocycles. The minimum absolute atomic E-state index is 0.214. The normalized spacial score (nSPS) is 10.1. The molecule has 0 radical (unpaired) electrons. The Morgan fingerprint density at radius 3 is 2.38 bits per heavy atom. The Balaban J connectivity index is 1.68. The van der Waals surface area contributed by atoms with E-state index in [1.54, 1.807) is 14.2 Å². The van der Waals surface area contributed by atoms with Gasteiger partial charge in [-0.1, -0.05) is 30.3 Å². The molecule has 0 unspecified atom stereocenters. The summed E-state index contributed by atoms with van der Waals surface area (Å²) in [5.41, 5.74) is 1.86. The fourth-order valence-electron chi connectivity index (χ4n) is 2.35. The second-order valence-corrected chi connectivity index (χ2v) is 5.60. The molecule has 0 atom stereocenters. The predicted octanol–water partition coefficient (Wildman–Crippen LogP) is 2.50. The van der Waals surface area contributed by atoms with E-state index in [2.05, 4.69) is 5.32 Å². The van der Waals surface area contributed by atoms with E-state index in [-0.39, 0.29) is 18.9 Å². The van der Waals surface area contributed by atoms with E-state index in [4.69, 9.17) is 14.2 Å². The number of benzene rings is 2. The van der Waals surface area contributed by atoms with Gasteiger partial charge in [-0.25, -0.2) is 0 Å². The minimum atomic E-state index is -0.409. The number of carbonyl (C=O) groups is 2. The molecule has 0 saturated carbocycles. The SMILES string of the molecule is COc1ccc(CCC(=O)OCC(=O)NCc2ccccc2OC)cc1. The van der Waals surface area contributed by atoms with Crippen LogP contribution >= 0.6 is 0 Å². The summed E-state index contributed by atoms with van der Waals surface area (Å²) >= 11 is 0. The van der Waals surface area contributed by atoms with Crippen LogP contribution in [-0.4, -0.2) is 32.7 Å². The quantitative estimate of drug-likeness (QED) is 0.698. The predicted molar refractivity (Wildman–Crippen MR) is 97.1 cm³/mol. The third-order valence-electron chi connectivity index (χ3n) is 3.81. The Bertz CT molecular complexity index is 727. The van der Waals surface area contributed by atoms with E-state index in [0.29, 0.717) is 18.7 Å². The lowest BCUT2D eigenvalue weighted by molar-refractivity contribution is -0.148.